The second-order valence-electron chi connectivity index (χ2n) is 8.57. The van der Waals surface area contributed by atoms with Crippen LogP contribution in [0.3, 0.4) is 0 Å². The van der Waals surface area contributed by atoms with Gasteiger partial charge in [0.05, 0.1) is 13.1 Å². The molecule has 1 amide bonds. The predicted octanol–water partition coefficient (Wildman–Crippen LogP) is 4.06. The molecule has 1 heterocycles. The fourth-order valence-electron chi connectivity index (χ4n) is 4.24. The summed E-state index contributed by atoms with van der Waals surface area (Å²) >= 11 is 0. The van der Waals surface area contributed by atoms with Gasteiger partial charge in [-0.15, -0.1) is 0 Å². The van der Waals surface area contributed by atoms with Crippen molar-refractivity contribution in [2.75, 3.05) is 13.1 Å². The van der Waals surface area contributed by atoms with E-state index in [1.807, 2.05) is 0 Å². The van der Waals surface area contributed by atoms with E-state index in [9.17, 15) is 4.79 Å². The fourth-order valence-corrected chi connectivity index (χ4v) is 4.24. The van der Waals surface area contributed by atoms with Crippen molar-refractivity contribution in [2.45, 2.75) is 76.8 Å². The zero-order valence-electron chi connectivity index (χ0n) is 15.5. The van der Waals surface area contributed by atoms with E-state index in [0.717, 1.165) is 30.5 Å². The van der Waals surface area contributed by atoms with Gasteiger partial charge in [-0.1, -0.05) is 26.2 Å². The highest BCUT2D eigenvalue weighted by Crippen LogP contribution is 2.47. The summed E-state index contributed by atoms with van der Waals surface area (Å²) < 4.78 is 6.05. The van der Waals surface area contributed by atoms with Crippen molar-refractivity contribution in [2.24, 2.45) is 11.8 Å². The summed E-state index contributed by atoms with van der Waals surface area (Å²) in [5.74, 6) is 4.42. The van der Waals surface area contributed by atoms with Crippen LogP contribution in [0.2, 0.25) is 0 Å². The number of carbonyl (C=O) groups excluding carboxylic acids is 1. The van der Waals surface area contributed by atoms with E-state index in [4.69, 9.17) is 4.42 Å². The van der Waals surface area contributed by atoms with Gasteiger partial charge in [-0.3, -0.25) is 9.69 Å². The second kappa shape index (κ2) is 7.53. The summed E-state index contributed by atoms with van der Waals surface area (Å²) in [4.78, 5) is 14.7. The Morgan fingerprint density at radius 1 is 1.20 bits per heavy atom. The summed E-state index contributed by atoms with van der Waals surface area (Å²) in [5, 5.41) is 3.18. The molecule has 1 aromatic heterocycles. The van der Waals surface area contributed by atoms with Crippen LogP contribution in [0.25, 0.3) is 0 Å². The molecule has 4 nitrogen and oxygen atoms in total. The Kier molecular flexibility index (Phi) is 5.16. The van der Waals surface area contributed by atoms with Gasteiger partial charge in [0.1, 0.15) is 11.5 Å². The summed E-state index contributed by atoms with van der Waals surface area (Å²) in [6.45, 7) is 4.41. The standard InChI is InChI=1S/C21H32N2O2/c1-15-11-19(15)20-10-9-18(25-20)13-23(17-7-8-17)14-21(24)22-12-16-5-3-2-4-6-16/h9-10,15-17,19H,2-8,11-14H2,1H3,(H,22,24). The van der Waals surface area contributed by atoms with Gasteiger partial charge >= 0.3 is 0 Å². The molecule has 4 rings (SSSR count). The molecule has 1 N–H and O–H groups in total. The second-order valence-corrected chi connectivity index (χ2v) is 8.57. The summed E-state index contributed by atoms with van der Waals surface area (Å²) in [5.41, 5.74) is 0. The number of carbonyl (C=O) groups is 1. The van der Waals surface area contributed by atoms with E-state index in [0.29, 0.717) is 24.4 Å². The van der Waals surface area contributed by atoms with E-state index < -0.39 is 0 Å². The predicted molar refractivity (Wildman–Crippen MR) is 98.2 cm³/mol. The van der Waals surface area contributed by atoms with Gasteiger partial charge in [-0.2, -0.15) is 0 Å². The first kappa shape index (κ1) is 17.1. The van der Waals surface area contributed by atoms with Gasteiger partial charge in [0.15, 0.2) is 0 Å². The van der Waals surface area contributed by atoms with Crippen molar-refractivity contribution in [3.8, 4) is 0 Å². The van der Waals surface area contributed by atoms with Gasteiger partial charge in [-0.25, -0.2) is 0 Å². The fraction of sp³-hybridized carbons (Fsp3) is 0.762. The van der Waals surface area contributed by atoms with Gasteiger partial charge in [0, 0.05) is 18.5 Å². The number of hydrogen-bond acceptors (Lipinski definition) is 3. The zero-order valence-corrected chi connectivity index (χ0v) is 15.5. The minimum atomic E-state index is 0.181. The molecule has 3 saturated carbocycles. The lowest BCUT2D eigenvalue weighted by Gasteiger charge is -2.24. The Balaban J connectivity index is 1.26. The maximum Gasteiger partial charge on any atom is 0.234 e. The van der Waals surface area contributed by atoms with Crippen molar-refractivity contribution in [3.05, 3.63) is 23.7 Å². The van der Waals surface area contributed by atoms with E-state index in [2.05, 4.69) is 29.3 Å². The Morgan fingerprint density at radius 2 is 1.96 bits per heavy atom. The average molecular weight is 344 g/mol. The number of nitrogens with one attached hydrogen (secondary N) is 1. The Morgan fingerprint density at radius 3 is 2.64 bits per heavy atom. The Labute approximate surface area is 151 Å². The highest BCUT2D eigenvalue weighted by atomic mass is 16.3. The minimum absolute atomic E-state index is 0.181. The Bertz CT molecular complexity index is 586. The number of amides is 1. The van der Waals surface area contributed by atoms with E-state index >= 15 is 0 Å². The molecule has 4 heteroatoms. The molecule has 0 saturated heterocycles. The van der Waals surface area contributed by atoms with Crippen LogP contribution in [0.4, 0.5) is 0 Å². The smallest absolute Gasteiger partial charge is 0.234 e. The van der Waals surface area contributed by atoms with Gasteiger partial charge in [0.25, 0.3) is 0 Å². The summed E-state index contributed by atoms with van der Waals surface area (Å²) in [6.07, 6.45) is 10.3. The quantitative estimate of drug-likeness (QED) is 0.773. The van der Waals surface area contributed by atoms with Gasteiger partial charge in [-0.05, 0) is 56.1 Å². The van der Waals surface area contributed by atoms with Crippen molar-refractivity contribution < 1.29 is 9.21 Å². The van der Waals surface area contributed by atoms with Crippen LogP contribution < -0.4 is 5.32 Å². The first-order valence-electron chi connectivity index (χ1n) is 10.3. The highest BCUT2D eigenvalue weighted by molar-refractivity contribution is 5.78. The van der Waals surface area contributed by atoms with Crippen LogP contribution in [0.15, 0.2) is 16.5 Å². The minimum Gasteiger partial charge on any atom is -0.464 e. The number of nitrogens with zero attached hydrogens (tertiary/aromatic N) is 1. The maximum atomic E-state index is 12.4. The van der Waals surface area contributed by atoms with Gasteiger partial charge in [0.2, 0.25) is 5.91 Å². The SMILES string of the molecule is CC1CC1c1ccc(CN(CC(=O)NCC2CCCCC2)C2CC2)o1. The zero-order chi connectivity index (χ0) is 17.2. The molecule has 0 aromatic carbocycles. The maximum absolute atomic E-state index is 12.4. The largest absolute Gasteiger partial charge is 0.464 e. The summed E-state index contributed by atoms with van der Waals surface area (Å²) in [6, 6.07) is 4.81. The van der Waals surface area contributed by atoms with Crippen molar-refractivity contribution in [1.29, 1.82) is 0 Å². The molecule has 0 spiro atoms. The number of furan rings is 1. The molecule has 0 aliphatic heterocycles. The first-order chi connectivity index (χ1) is 12.2. The lowest BCUT2D eigenvalue weighted by atomic mass is 9.89. The van der Waals surface area contributed by atoms with Crippen molar-refractivity contribution in [1.82, 2.24) is 10.2 Å². The van der Waals surface area contributed by atoms with E-state index in [-0.39, 0.29) is 5.91 Å². The normalized spacial score (nSPS) is 26.8. The van der Waals surface area contributed by atoms with Crippen LogP contribution in [0.1, 0.15) is 75.7 Å². The monoisotopic (exact) mass is 344 g/mol. The molecule has 1 aromatic rings. The molecule has 3 fully saturated rings. The number of hydrogen-bond donors (Lipinski definition) is 1. The third-order valence-corrected chi connectivity index (χ3v) is 6.24. The number of rotatable bonds is 8. The van der Waals surface area contributed by atoms with Crippen LogP contribution in [-0.4, -0.2) is 29.9 Å². The van der Waals surface area contributed by atoms with Crippen molar-refractivity contribution in [3.63, 3.8) is 0 Å². The summed E-state index contributed by atoms with van der Waals surface area (Å²) in [7, 11) is 0. The molecule has 138 valence electrons. The lowest BCUT2D eigenvalue weighted by molar-refractivity contribution is -0.122. The topological polar surface area (TPSA) is 45.5 Å². The van der Waals surface area contributed by atoms with E-state index in [1.54, 1.807) is 0 Å². The lowest BCUT2D eigenvalue weighted by Crippen LogP contribution is -2.40. The third-order valence-electron chi connectivity index (χ3n) is 6.24. The van der Waals surface area contributed by atoms with Crippen molar-refractivity contribution >= 4 is 5.91 Å². The Hall–Kier alpha value is -1.29. The van der Waals surface area contributed by atoms with E-state index in [1.165, 1.54) is 51.4 Å². The third kappa shape index (κ3) is 4.66. The molecule has 3 aliphatic carbocycles. The molecule has 2 atom stereocenters. The molecule has 0 bridgehead atoms. The highest BCUT2D eigenvalue weighted by Gasteiger charge is 2.37. The van der Waals surface area contributed by atoms with Gasteiger partial charge < -0.3 is 9.73 Å². The molecule has 2 unspecified atom stereocenters. The van der Waals surface area contributed by atoms with Crippen LogP contribution in [0.5, 0.6) is 0 Å². The molecule has 3 aliphatic rings. The molecular weight excluding hydrogens is 312 g/mol. The molecule has 25 heavy (non-hydrogen) atoms. The van der Waals surface area contributed by atoms with Crippen LogP contribution in [0, 0.1) is 11.8 Å². The van der Waals surface area contributed by atoms with Crippen LogP contribution >= 0.6 is 0 Å². The molecule has 0 radical (unpaired) electrons. The first-order valence-corrected chi connectivity index (χ1v) is 10.3. The molecular formula is C21H32N2O2. The average Bonchev–Trinajstić information content (AvgIpc) is 3.54. The van der Waals surface area contributed by atoms with Crippen LogP contribution in [-0.2, 0) is 11.3 Å².